The van der Waals surface area contributed by atoms with E-state index in [9.17, 15) is 9.59 Å². The number of nitrogens with one attached hydrogen (secondary N) is 1. The lowest BCUT2D eigenvalue weighted by atomic mass is 9.96. The molecule has 0 bridgehead atoms. The number of carboxylic acids is 2. The number of guanidine groups is 1. The highest BCUT2D eigenvalue weighted by atomic mass is 16.4. The van der Waals surface area contributed by atoms with Crippen LogP contribution >= 0.6 is 0 Å². The Kier molecular flexibility index (Phi) is 2.90. The van der Waals surface area contributed by atoms with Crippen LogP contribution in [0.15, 0.2) is 4.99 Å². The number of aliphatic carboxylic acids is 2. The van der Waals surface area contributed by atoms with Crippen LogP contribution in [0.5, 0.6) is 0 Å². The van der Waals surface area contributed by atoms with Gasteiger partial charge in [-0.25, -0.2) is 0 Å². The number of aliphatic imine (C=N–C) groups is 1. The van der Waals surface area contributed by atoms with Crippen molar-refractivity contribution in [3.05, 3.63) is 0 Å². The highest BCUT2D eigenvalue weighted by Crippen LogP contribution is 2.11. The van der Waals surface area contributed by atoms with E-state index in [0.29, 0.717) is 13.0 Å². The Balaban J connectivity index is 2.75. The molecule has 1 aliphatic rings. The molecule has 78 valence electrons. The predicted molar refractivity (Wildman–Crippen MR) is 46.8 cm³/mol. The van der Waals surface area contributed by atoms with Crippen LogP contribution in [-0.4, -0.2) is 40.7 Å². The molecule has 14 heavy (non-hydrogen) atoms. The summed E-state index contributed by atoms with van der Waals surface area (Å²) in [6, 6.07) is -0.692. The molecule has 7 nitrogen and oxygen atoms in total. The topological polar surface area (TPSA) is 125 Å². The Morgan fingerprint density at radius 2 is 2.07 bits per heavy atom. The molecule has 0 aliphatic carbocycles. The summed E-state index contributed by atoms with van der Waals surface area (Å²) in [5, 5.41) is 19.9. The summed E-state index contributed by atoms with van der Waals surface area (Å²) in [4.78, 5) is 25.1. The van der Waals surface area contributed by atoms with Crippen LogP contribution in [0.4, 0.5) is 0 Å². The summed E-state index contributed by atoms with van der Waals surface area (Å²) in [7, 11) is 0. The molecule has 0 aromatic rings. The van der Waals surface area contributed by atoms with Crippen LogP contribution in [0.3, 0.4) is 0 Å². The van der Waals surface area contributed by atoms with Gasteiger partial charge in [0.2, 0.25) is 0 Å². The number of nitrogens with zero attached hydrogens (tertiary/aromatic N) is 1. The van der Waals surface area contributed by atoms with Crippen molar-refractivity contribution in [2.45, 2.75) is 12.5 Å². The van der Waals surface area contributed by atoms with E-state index < -0.39 is 23.9 Å². The second-order valence-electron chi connectivity index (χ2n) is 2.96. The lowest BCUT2D eigenvalue weighted by Gasteiger charge is -2.25. The van der Waals surface area contributed by atoms with Crippen molar-refractivity contribution in [3.8, 4) is 0 Å². The number of nitrogens with two attached hydrogens (primary N) is 1. The summed E-state index contributed by atoms with van der Waals surface area (Å²) >= 11 is 0. The molecule has 0 saturated heterocycles. The minimum Gasteiger partial charge on any atom is -0.481 e. The summed E-state index contributed by atoms with van der Waals surface area (Å²) in [5.74, 6) is -4.13. The number of carboxylic acid groups (broad SMARTS) is 2. The van der Waals surface area contributed by atoms with E-state index in [1.807, 2.05) is 0 Å². The molecular weight excluding hydrogens is 190 g/mol. The minimum atomic E-state index is -1.48. The van der Waals surface area contributed by atoms with Gasteiger partial charge < -0.3 is 21.3 Å². The first kappa shape index (κ1) is 10.3. The van der Waals surface area contributed by atoms with Gasteiger partial charge in [0.15, 0.2) is 11.9 Å². The maximum atomic E-state index is 10.6. The Morgan fingerprint density at radius 3 is 2.50 bits per heavy atom. The van der Waals surface area contributed by atoms with Gasteiger partial charge in [-0.15, -0.1) is 0 Å². The largest absolute Gasteiger partial charge is 0.481 e. The van der Waals surface area contributed by atoms with Crippen molar-refractivity contribution in [2.24, 2.45) is 16.6 Å². The fourth-order valence-electron chi connectivity index (χ4n) is 1.33. The van der Waals surface area contributed by atoms with Gasteiger partial charge in [0, 0.05) is 6.54 Å². The quantitative estimate of drug-likeness (QED) is 0.409. The fraction of sp³-hybridized carbons (Fsp3) is 0.571. The van der Waals surface area contributed by atoms with E-state index in [1.165, 1.54) is 0 Å². The minimum absolute atomic E-state index is 0.0914. The van der Waals surface area contributed by atoms with Crippen molar-refractivity contribution in [1.82, 2.24) is 5.32 Å². The smallest absolute Gasteiger partial charge is 0.320 e. The number of hydrogen-bond donors (Lipinski definition) is 4. The van der Waals surface area contributed by atoms with Gasteiger partial charge in [0.1, 0.15) is 0 Å². The van der Waals surface area contributed by atoms with Crippen LogP contribution in [0.2, 0.25) is 0 Å². The van der Waals surface area contributed by atoms with E-state index >= 15 is 0 Å². The number of carbonyl (C=O) groups is 2. The molecule has 0 radical (unpaired) electrons. The second kappa shape index (κ2) is 3.95. The SMILES string of the molecule is NC1=NCC[C@@H](C(C(=O)O)C(=O)O)N1. The van der Waals surface area contributed by atoms with Crippen LogP contribution < -0.4 is 11.1 Å². The van der Waals surface area contributed by atoms with Crippen LogP contribution in [-0.2, 0) is 9.59 Å². The average molecular weight is 201 g/mol. The van der Waals surface area contributed by atoms with Gasteiger partial charge in [0.05, 0.1) is 6.04 Å². The maximum absolute atomic E-state index is 10.6. The molecule has 0 amide bonds. The number of rotatable bonds is 3. The van der Waals surface area contributed by atoms with Gasteiger partial charge in [-0.05, 0) is 6.42 Å². The Labute approximate surface area is 79.6 Å². The molecule has 1 aliphatic heterocycles. The van der Waals surface area contributed by atoms with Crippen molar-refractivity contribution in [3.63, 3.8) is 0 Å². The first-order chi connectivity index (χ1) is 6.52. The van der Waals surface area contributed by atoms with Gasteiger partial charge in [-0.1, -0.05) is 0 Å². The monoisotopic (exact) mass is 201 g/mol. The summed E-state index contributed by atoms with van der Waals surface area (Å²) in [6.45, 7) is 0.348. The lowest BCUT2D eigenvalue weighted by Crippen LogP contribution is -2.51. The Morgan fingerprint density at radius 1 is 1.50 bits per heavy atom. The van der Waals surface area contributed by atoms with E-state index in [4.69, 9.17) is 15.9 Å². The third kappa shape index (κ3) is 2.12. The zero-order valence-electron chi connectivity index (χ0n) is 7.30. The third-order valence-electron chi connectivity index (χ3n) is 1.99. The highest BCUT2D eigenvalue weighted by Gasteiger charge is 2.36. The molecule has 0 saturated carbocycles. The normalized spacial score (nSPS) is 21.2. The first-order valence-electron chi connectivity index (χ1n) is 4.04. The molecule has 1 rings (SSSR count). The molecular formula is C7H11N3O4. The van der Waals surface area contributed by atoms with Crippen LogP contribution in [0, 0.1) is 5.92 Å². The highest BCUT2D eigenvalue weighted by molar-refractivity contribution is 5.94. The molecule has 0 unspecified atom stereocenters. The predicted octanol–water partition coefficient (Wildman–Crippen LogP) is -1.55. The molecule has 0 aromatic heterocycles. The zero-order chi connectivity index (χ0) is 10.7. The maximum Gasteiger partial charge on any atom is 0.320 e. The summed E-state index contributed by atoms with van der Waals surface area (Å²) < 4.78 is 0. The zero-order valence-corrected chi connectivity index (χ0v) is 7.30. The van der Waals surface area contributed by atoms with Gasteiger partial charge >= 0.3 is 11.9 Å². The molecule has 0 aromatic carbocycles. The van der Waals surface area contributed by atoms with Crippen LogP contribution in [0.25, 0.3) is 0 Å². The van der Waals surface area contributed by atoms with Crippen molar-refractivity contribution in [2.75, 3.05) is 6.54 Å². The van der Waals surface area contributed by atoms with E-state index in [1.54, 1.807) is 0 Å². The van der Waals surface area contributed by atoms with Gasteiger partial charge in [0.25, 0.3) is 0 Å². The molecule has 7 heteroatoms. The lowest BCUT2D eigenvalue weighted by molar-refractivity contribution is -0.155. The number of hydrogen-bond acceptors (Lipinski definition) is 5. The Bertz CT molecular complexity index is 275. The second-order valence-corrected chi connectivity index (χ2v) is 2.96. The van der Waals surface area contributed by atoms with E-state index in [2.05, 4.69) is 10.3 Å². The average Bonchev–Trinajstić information content (AvgIpc) is 2.02. The van der Waals surface area contributed by atoms with E-state index in [0.717, 1.165) is 0 Å². The van der Waals surface area contributed by atoms with Gasteiger partial charge in [-0.3, -0.25) is 14.6 Å². The standard InChI is InChI=1S/C7H11N3O4/c8-7-9-2-1-3(10-7)4(5(11)12)6(13)14/h3-4H,1-2H2,(H,11,12)(H,13,14)(H3,8,9,10)/t3-/m0/s1. The van der Waals surface area contributed by atoms with Crippen LogP contribution in [0.1, 0.15) is 6.42 Å². The van der Waals surface area contributed by atoms with Gasteiger partial charge in [-0.2, -0.15) is 0 Å². The first-order valence-corrected chi connectivity index (χ1v) is 4.04. The molecule has 0 fully saturated rings. The van der Waals surface area contributed by atoms with E-state index in [-0.39, 0.29) is 5.96 Å². The fourth-order valence-corrected chi connectivity index (χ4v) is 1.33. The molecule has 1 heterocycles. The molecule has 5 N–H and O–H groups in total. The van der Waals surface area contributed by atoms with Crippen molar-refractivity contribution >= 4 is 17.9 Å². The van der Waals surface area contributed by atoms with Crippen molar-refractivity contribution < 1.29 is 19.8 Å². The Hall–Kier alpha value is -1.79. The van der Waals surface area contributed by atoms with Crippen molar-refractivity contribution in [1.29, 1.82) is 0 Å². The molecule has 1 atom stereocenters. The summed E-state index contributed by atoms with van der Waals surface area (Å²) in [5.41, 5.74) is 5.32. The molecule has 0 spiro atoms. The summed E-state index contributed by atoms with van der Waals surface area (Å²) in [6.07, 6.45) is 0.351. The third-order valence-corrected chi connectivity index (χ3v) is 1.99.